The maximum atomic E-state index is 12.6. The summed E-state index contributed by atoms with van der Waals surface area (Å²) in [6.45, 7) is 4.01. The summed E-state index contributed by atoms with van der Waals surface area (Å²) in [6, 6.07) is 14.8. The van der Waals surface area contributed by atoms with Gasteiger partial charge in [0.05, 0.1) is 17.6 Å². The van der Waals surface area contributed by atoms with E-state index in [1.165, 1.54) is 12.1 Å². The van der Waals surface area contributed by atoms with E-state index < -0.39 is 10.0 Å². The van der Waals surface area contributed by atoms with Gasteiger partial charge in [0, 0.05) is 32.2 Å². The van der Waals surface area contributed by atoms with E-state index >= 15 is 0 Å². The van der Waals surface area contributed by atoms with Gasteiger partial charge in [-0.15, -0.1) is 0 Å². The minimum atomic E-state index is -3.60. The molecule has 7 nitrogen and oxygen atoms in total. The van der Waals surface area contributed by atoms with Gasteiger partial charge in [-0.1, -0.05) is 30.3 Å². The number of nitrogens with one attached hydrogen (secondary N) is 1. The van der Waals surface area contributed by atoms with Crippen LogP contribution in [0.5, 0.6) is 11.5 Å². The largest absolute Gasteiger partial charge is 0.486 e. The van der Waals surface area contributed by atoms with Crippen LogP contribution in [0.4, 0.5) is 0 Å². The lowest BCUT2D eigenvalue weighted by Crippen LogP contribution is -2.42. The van der Waals surface area contributed by atoms with Crippen LogP contribution in [-0.2, 0) is 14.8 Å². The van der Waals surface area contributed by atoms with Crippen molar-refractivity contribution in [2.75, 3.05) is 46.0 Å². The number of fused-ring (bicyclic) bond motifs is 1. The first kappa shape index (κ1) is 19.2. The number of ether oxygens (including phenoxy) is 3. The fourth-order valence-corrected chi connectivity index (χ4v) is 4.42. The van der Waals surface area contributed by atoms with E-state index in [4.69, 9.17) is 14.2 Å². The molecule has 2 aromatic carbocycles. The maximum absolute atomic E-state index is 12.6. The first-order valence-corrected chi connectivity index (χ1v) is 10.9. The molecular formula is C20H24N2O5S. The third-order valence-corrected chi connectivity index (χ3v) is 6.32. The average molecular weight is 404 g/mol. The predicted octanol–water partition coefficient (Wildman–Crippen LogP) is 1.81. The Labute approximate surface area is 165 Å². The van der Waals surface area contributed by atoms with Gasteiger partial charge in [-0.2, -0.15) is 0 Å². The van der Waals surface area contributed by atoms with E-state index in [9.17, 15) is 8.42 Å². The molecule has 1 saturated heterocycles. The van der Waals surface area contributed by atoms with Gasteiger partial charge in [0.25, 0.3) is 0 Å². The number of benzene rings is 2. The Balaban J connectivity index is 1.33. The van der Waals surface area contributed by atoms with Crippen molar-refractivity contribution in [3.05, 3.63) is 54.1 Å². The summed E-state index contributed by atoms with van der Waals surface area (Å²) in [5, 5.41) is 0. The Morgan fingerprint density at radius 3 is 2.61 bits per heavy atom. The van der Waals surface area contributed by atoms with E-state index in [2.05, 4.69) is 21.8 Å². The molecule has 1 fully saturated rings. The van der Waals surface area contributed by atoms with Crippen molar-refractivity contribution >= 4 is 10.0 Å². The van der Waals surface area contributed by atoms with Gasteiger partial charge in [-0.25, -0.2) is 13.1 Å². The molecule has 2 aliphatic heterocycles. The van der Waals surface area contributed by atoms with Crippen molar-refractivity contribution < 1.29 is 22.6 Å². The van der Waals surface area contributed by atoms with Crippen molar-refractivity contribution in [2.45, 2.75) is 11.0 Å². The molecule has 0 bridgehead atoms. The Morgan fingerprint density at radius 1 is 1.00 bits per heavy atom. The quantitative estimate of drug-likeness (QED) is 0.791. The topological polar surface area (TPSA) is 77.1 Å². The van der Waals surface area contributed by atoms with Crippen LogP contribution in [0.25, 0.3) is 0 Å². The molecule has 2 aliphatic rings. The fourth-order valence-electron chi connectivity index (χ4n) is 3.39. The number of hydrogen-bond donors (Lipinski definition) is 1. The number of hydrogen-bond acceptors (Lipinski definition) is 6. The third kappa shape index (κ3) is 4.47. The monoisotopic (exact) mass is 404 g/mol. The van der Waals surface area contributed by atoms with E-state index in [1.54, 1.807) is 6.07 Å². The van der Waals surface area contributed by atoms with E-state index in [1.807, 2.05) is 18.2 Å². The zero-order chi connectivity index (χ0) is 19.4. The zero-order valence-electron chi connectivity index (χ0n) is 15.5. The highest BCUT2D eigenvalue weighted by atomic mass is 32.2. The first-order chi connectivity index (χ1) is 13.6. The summed E-state index contributed by atoms with van der Waals surface area (Å²) in [4.78, 5) is 2.40. The summed E-state index contributed by atoms with van der Waals surface area (Å²) >= 11 is 0. The standard InChI is InChI=1S/C20H24N2O5S/c23-28(24,17-6-7-18-19(14-17)27-13-12-26-18)21-8-9-22-10-11-25-20(15-22)16-4-2-1-3-5-16/h1-7,14,20-21H,8-13,15H2/t20-/m0/s1. The van der Waals surface area contributed by atoms with Crippen LogP contribution in [0.2, 0.25) is 0 Å². The second kappa shape index (κ2) is 8.48. The van der Waals surface area contributed by atoms with Gasteiger partial charge in [0.1, 0.15) is 13.2 Å². The molecule has 1 atom stereocenters. The summed E-state index contributed by atoms with van der Waals surface area (Å²) in [5.74, 6) is 1.04. The summed E-state index contributed by atoms with van der Waals surface area (Å²) in [5.41, 5.74) is 1.14. The van der Waals surface area contributed by atoms with Crippen LogP contribution in [0.1, 0.15) is 11.7 Å². The molecule has 0 radical (unpaired) electrons. The van der Waals surface area contributed by atoms with Crippen LogP contribution < -0.4 is 14.2 Å². The van der Waals surface area contributed by atoms with Crippen LogP contribution in [-0.4, -0.2) is 59.3 Å². The second-order valence-corrected chi connectivity index (χ2v) is 8.54. The second-order valence-electron chi connectivity index (χ2n) is 6.77. The highest BCUT2D eigenvalue weighted by molar-refractivity contribution is 7.89. The molecule has 1 N–H and O–H groups in total. The summed E-state index contributed by atoms with van der Waals surface area (Å²) < 4.78 is 44.6. The van der Waals surface area contributed by atoms with Crippen LogP contribution in [0.3, 0.4) is 0 Å². The van der Waals surface area contributed by atoms with Crippen molar-refractivity contribution in [1.82, 2.24) is 9.62 Å². The van der Waals surface area contributed by atoms with Gasteiger partial charge < -0.3 is 14.2 Å². The van der Waals surface area contributed by atoms with E-state index in [0.717, 1.165) is 18.7 Å². The molecule has 4 rings (SSSR count). The molecule has 0 unspecified atom stereocenters. The van der Waals surface area contributed by atoms with Crippen LogP contribution in [0.15, 0.2) is 53.4 Å². The summed E-state index contributed by atoms with van der Waals surface area (Å²) in [7, 11) is -3.60. The third-order valence-electron chi connectivity index (χ3n) is 4.87. The zero-order valence-corrected chi connectivity index (χ0v) is 16.4. The Hall–Kier alpha value is -2.13. The van der Waals surface area contributed by atoms with Gasteiger partial charge >= 0.3 is 0 Å². The fraction of sp³-hybridized carbons (Fsp3) is 0.400. The molecule has 28 heavy (non-hydrogen) atoms. The van der Waals surface area contributed by atoms with Crippen molar-refractivity contribution in [3.63, 3.8) is 0 Å². The van der Waals surface area contributed by atoms with Gasteiger partial charge in [0.15, 0.2) is 11.5 Å². The molecule has 0 aromatic heterocycles. The highest BCUT2D eigenvalue weighted by Crippen LogP contribution is 2.32. The Kier molecular flexibility index (Phi) is 5.82. The maximum Gasteiger partial charge on any atom is 0.240 e. The molecule has 2 heterocycles. The van der Waals surface area contributed by atoms with Crippen LogP contribution >= 0.6 is 0 Å². The van der Waals surface area contributed by atoms with Crippen molar-refractivity contribution in [1.29, 1.82) is 0 Å². The first-order valence-electron chi connectivity index (χ1n) is 9.40. The Morgan fingerprint density at radius 2 is 1.79 bits per heavy atom. The van der Waals surface area contributed by atoms with Gasteiger partial charge in [-0.05, 0) is 17.7 Å². The lowest BCUT2D eigenvalue weighted by molar-refractivity contribution is -0.0291. The molecule has 150 valence electrons. The number of nitrogens with zero attached hydrogens (tertiary/aromatic N) is 1. The minimum absolute atomic E-state index is 0.0179. The molecular weight excluding hydrogens is 380 g/mol. The van der Waals surface area contributed by atoms with Crippen molar-refractivity contribution in [3.8, 4) is 11.5 Å². The van der Waals surface area contributed by atoms with Gasteiger partial charge in [-0.3, -0.25) is 4.90 Å². The lowest BCUT2D eigenvalue weighted by atomic mass is 10.1. The van der Waals surface area contributed by atoms with Crippen LogP contribution in [0, 0.1) is 0 Å². The predicted molar refractivity (Wildman–Crippen MR) is 104 cm³/mol. The normalized spacial score (nSPS) is 20.1. The van der Waals surface area contributed by atoms with Crippen molar-refractivity contribution in [2.24, 2.45) is 0 Å². The molecule has 0 saturated carbocycles. The summed E-state index contributed by atoms with van der Waals surface area (Å²) in [6.07, 6.45) is 0.0179. The Bertz CT molecular complexity index is 904. The molecule has 2 aromatic rings. The highest BCUT2D eigenvalue weighted by Gasteiger charge is 2.23. The van der Waals surface area contributed by atoms with E-state index in [0.29, 0.717) is 44.4 Å². The molecule has 0 aliphatic carbocycles. The number of morpholine rings is 1. The minimum Gasteiger partial charge on any atom is -0.486 e. The smallest absolute Gasteiger partial charge is 0.240 e. The molecule has 0 spiro atoms. The number of rotatable bonds is 6. The molecule has 8 heteroatoms. The SMILES string of the molecule is O=S(=O)(NCCN1CCO[C@H](c2ccccc2)C1)c1ccc2c(c1)OCCO2. The average Bonchev–Trinajstić information content (AvgIpc) is 2.74. The van der Waals surface area contributed by atoms with Gasteiger partial charge in [0.2, 0.25) is 10.0 Å². The molecule has 0 amide bonds. The number of sulfonamides is 1. The lowest BCUT2D eigenvalue weighted by Gasteiger charge is -2.33. The van der Waals surface area contributed by atoms with E-state index in [-0.39, 0.29) is 11.0 Å².